The molecule has 0 bridgehead atoms. The van der Waals surface area contributed by atoms with E-state index in [9.17, 15) is 13.2 Å². The van der Waals surface area contributed by atoms with E-state index in [0.717, 1.165) is 23.1 Å². The molecule has 0 saturated carbocycles. The van der Waals surface area contributed by atoms with Gasteiger partial charge in [-0.25, -0.2) is 13.1 Å². The summed E-state index contributed by atoms with van der Waals surface area (Å²) in [5.41, 5.74) is 3.13. The van der Waals surface area contributed by atoms with Crippen LogP contribution in [0, 0.1) is 0 Å². The Morgan fingerprint density at radius 2 is 1.57 bits per heavy atom. The van der Waals surface area contributed by atoms with Crippen LogP contribution in [0.3, 0.4) is 0 Å². The second-order valence-electron chi connectivity index (χ2n) is 6.88. The lowest BCUT2D eigenvalue weighted by atomic mass is 9.97. The fraction of sp³-hybridized carbons (Fsp3) is 0.0870. The minimum Gasteiger partial charge on any atom is -0.267 e. The second kappa shape index (κ2) is 8.04. The van der Waals surface area contributed by atoms with Crippen LogP contribution in [0.15, 0.2) is 94.9 Å². The molecule has 0 aliphatic rings. The molecule has 6 nitrogen and oxygen atoms in total. The van der Waals surface area contributed by atoms with Gasteiger partial charge in [-0.1, -0.05) is 48.5 Å². The highest BCUT2D eigenvalue weighted by Gasteiger charge is 2.16. The summed E-state index contributed by atoms with van der Waals surface area (Å²) < 4.78 is 24.9. The van der Waals surface area contributed by atoms with Gasteiger partial charge in [0.25, 0.3) is 5.56 Å². The number of hydrogen-bond donors (Lipinski definition) is 0. The normalized spacial score (nSPS) is 11.4. The molecule has 7 heteroatoms. The summed E-state index contributed by atoms with van der Waals surface area (Å²) >= 11 is 0. The van der Waals surface area contributed by atoms with Crippen LogP contribution in [-0.4, -0.2) is 29.4 Å². The lowest BCUT2D eigenvalue weighted by molar-refractivity contribution is 0.602. The molecule has 2 aromatic heterocycles. The van der Waals surface area contributed by atoms with E-state index in [-0.39, 0.29) is 17.0 Å². The Labute approximate surface area is 174 Å². The van der Waals surface area contributed by atoms with Gasteiger partial charge >= 0.3 is 0 Å². The van der Waals surface area contributed by atoms with Gasteiger partial charge in [0.1, 0.15) is 0 Å². The maximum atomic E-state index is 13.4. The molecular weight excluding hydrogens is 398 g/mol. The highest BCUT2D eigenvalue weighted by Crippen LogP contribution is 2.29. The highest BCUT2D eigenvalue weighted by atomic mass is 32.2. The number of benzene rings is 2. The van der Waals surface area contributed by atoms with Gasteiger partial charge in [-0.3, -0.25) is 9.78 Å². The largest absolute Gasteiger partial charge is 0.275 e. The molecule has 0 radical (unpaired) electrons. The number of rotatable bonds is 5. The number of sulfone groups is 1. The lowest BCUT2D eigenvalue weighted by Gasteiger charge is -2.13. The van der Waals surface area contributed by atoms with Gasteiger partial charge in [0.15, 0.2) is 9.84 Å². The standard InChI is InChI=1S/C23H19N3O3S/c1-30(28,29)20-12-10-17(11-13-20)21-15-25-26(16-19-9-5-6-14-24-19)23(27)22(21)18-7-3-2-4-8-18/h2-15H,16H2,1H3. The van der Waals surface area contributed by atoms with Gasteiger partial charge in [-0.05, 0) is 35.4 Å². The van der Waals surface area contributed by atoms with Crippen molar-refractivity contribution in [3.05, 3.63) is 101 Å². The quantitative estimate of drug-likeness (QED) is 0.497. The molecule has 150 valence electrons. The number of hydrogen-bond acceptors (Lipinski definition) is 5. The second-order valence-corrected chi connectivity index (χ2v) is 8.90. The summed E-state index contributed by atoms with van der Waals surface area (Å²) in [6.07, 6.45) is 4.48. The SMILES string of the molecule is CS(=O)(=O)c1ccc(-c2cnn(Cc3ccccn3)c(=O)c2-c2ccccc2)cc1. The molecule has 2 heterocycles. The van der Waals surface area contributed by atoms with Crippen LogP contribution in [0.4, 0.5) is 0 Å². The maximum absolute atomic E-state index is 13.4. The van der Waals surface area contributed by atoms with Crippen LogP contribution < -0.4 is 5.56 Å². The minimum absolute atomic E-state index is 0.226. The zero-order valence-electron chi connectivity index (χ0n) is 16.3. The van der Waals surface area contributed by atoms with Crippen LogP contribution >= 0.6 is 0 Å². The van der Waals surface area contributed by atoms with Crippen molar-refractivity contribution in [1.82, 2.24) is 14.8 Å². The number of pyridine rings is 1. The van der Waals surface area contributed by atoms with Crippen molar-refractivity contribution in [3.8, 4) is 22.3 Å². The van der Waals surface area contributed by atoms with Gasteiger partial charge in [-0.2, -0.15) is 5.10 Å². The first-order valence-electron chi connectivity index (χ1n) is 9.29. The minimum atomic E-state index is -3.30. The molecule has 0 amide bonds. The number of nitrogens with zero attached hydrogens (tertiary/aromatic N) is 3. The van der Waals surface area contributed by atoms with E-state index in [1.807, 2.05) is 48.5 Å². The van der Waals surface area contributed by atoms with E-state index in [4.69, 9.17) is 0 Å². The third kappa shape index (κ3) is 4.06. The highest BCUT2D eigenvalue weighted by molar-refractivity contribution is 7.90. The summed E-state index contributed by atoms with van der Waals surface area (Å²) in [4.78, 5) is 17.9. The average molecular weight is 417 g/mol. The van der Waals surface area contributed by atoms with Crippen molar-refractivity contribution in [1.29, 1.82) is 0 Å². The summed E-state index contributed by atoms with van der Waals surface area (Å²) in [5.74, 6) is 0. The van der Waals surface area contributed by atoms with Crippen molar-refractivity contribution in [3.63, 3.8) is 0 Å². The maximum Gasteiger partial charge on any atom is 0.275 e. The fourth-order valence-electron chi connectivity index (χ4n) is 3.23. The van der Waals surface area contributed by atoms with Crippen LogP contribution in [0.1, 0.15) is 5.69 Å². The molecule has 0 N–H and O–H groups in total. The monoisotopic (exact) mass is 417 g/mol. The van der Waals surface area contributed by atoms with Crippen LogP contribution in [0.25, 0.3) is 22.3 Å². The van der Waals surface area contributed by atoms with Gasteiger partial charge in [0.2, 0.25) is 0 Å². The van der Waals surface area contributed by atoms with Gasteiger partial charge in [-0.15, -0.1) is 0 Å². The zero-order chi connectivity index (χ0) is 21.1. The van der Waals surface area contributed by atoms with Crippen molar-refractivity contribution >= 4 is 9.84 Å². The van der Waals surface area contributed by atoms with E-state index in [0.29, 0.717) is 11.1 Å². The van der Waals surface area contributed by atoms with Crippen LogP contribution in [0.2, 0.25) is 0 Å². The number of aromatic nitrogens is 3. The third-order valence-electron chi connectivity index (χ3n) is 4.74. The predicted octanol–water partition coefficient (Wildman–Crippen LogP) is 3.42. The smallest absolute Gasteiger partial charge is 0.267 e. The Bertz CT molecular complexity index is 1330. The van der Waals surface area contributed by atoms with E-state index >= 15 is 0 Å². The molecule has 30 heavy (non-hydrogen) atoms. The Hall–Kier alpha value is -3.58. The predicted molar refractivity (Wildman–Crippen MR) is 116 cm³/mol. The van der Waals surface area contributed by atoms with Crippen LogP contribution in [0.5, 0.6) is 0 Å². The molecule has 4 aromatic rings. The van der Waals surface area contributed by atoms with Gasteiger partial charge in [0, 0.05) is 18.0 Å². The summed E-state index contributed by atoms with van der Waals surface area (Å²) in [5, 5.41) is 4.35. The first-order valence-corrected chi connectivity index (χ1v) is 11.2. The Balaban J connectivity index is 1.87. The molecule has 0 spiro atoms. The Morgan fingerprint density at radius 3 is 2.20 bits per heavy atom. The van der Waals surface area contributed by atoms with Gasteiger partial charge in [0.05, 0.1) is 28.9 Å². The molecule has 0 atom stereocenters. The molecule has 0 aliphatic carbocycles. The topological polar surface area (TPSA) is 81.9 Å². The summed E-state index contributed by atoms with van der Waals surface area (Å²) in [7, 11) is -3.30. The van der Waals surface area contributed by atoms with Crippen molar-refractivity contribution < 1.29 is 8.42 Å². The molecule has 2 aromatic carbocycles. The van der Waals surface area contributed by atoms with E-state index in [2.05, 4.69) is 10.1 Å². The van der Waals surface area contributed by atoms with E-state index in [1.54, 1.807) is 36.7 Å². The Kier molecular flexibility index (Phi) is 5.29. The molecule has 0 aliphatic heterocycles. The third-order valence-corrected chi connectivity index (χ3v) is 5.87. The first kappa shape index (κ1) is 19.7. The van der Waals surface area contributed by atoms with Crippen LogP contribution in [-0.2, 0) is 16.4 Å². The van der Waals surface area contributed by atoms with Crippen molar-refractivity contribution in [2.75, 3.05) is 6.26 Å². The van der Waals surface area contributed by atoms with Gasteiger partial charge < -0.3 is 0 Å². The molecule has 0 unspecified atom stereocenters. The van der Waals surface area contributed by atoms with Crippen molar-refractivity contribution in [2.24, 2.45) is 0 Å². The first-order chi connectivity index (χ1) is 14.4. The molecule has 4 rings (SSSR count). The molecule has 0 saturated heterocycles. The van der Waals surface area contributed by atoms with E-state index in [1.165, 1.54) is 4.68 Å². The van der Waals surface area contributed by atoms with E-state index < -0.39 is 9.84 Å². The average Bonchev–Trinajstić information content (AvgIpc) is 2.76. The lowest BCUT2D eigenvalue weighted by Crippen LogP contribution is -2.25. The van der Waals surface area contributed by atoms with Crippen molar-refractivity contribution in [2.45, 2.75) is 11.4 Å². The fourth-order valence-corrected chi connectivity index (χ4v) is 3.86. The summed E-state index contributed by atoms with van der Waals surface area (Å²) in [6.45, 7) is 0.257. The summed E-state index contributed by atoms with van der Waals surface area (Å²) in [6, 6.07) is 21.4. The zero-order valence-corrected chi connectivity index (χ0v) is 17.1. The molecular formula is C23H19N3O3S. The Morgan fingerprint density at radius 1 is 0.867 bits per heavy atom. The molecule has 0 fully saturated rings.